The molecule has 1 heterocycles. The van der Waals surface area contributed by atoms with Crippen LogP contribution in [0.5, 0.6) is 0 Å². The molecule has 2 nitrogen and oxygen atoms in total. The minimum Gasteiger partial charge on any atom is -0.377 e. The molecule has 0 N–H and O–H groups in total. The van der Waals surface area contributed by atoms with E-state index in [1.54, 1.807) is 0 Å². The van der Waals surface area contributed by atoms with E-state index < -0.39 is 0 Å². The van der Waals surface area contributed by atoms with Crippen molar-refractivity contribution in [2.24, 2.45) is 5.92 Å². The summed E-state index contributed by atoms with van der Waals surface area (Å²) in [5.74, 6) is 0.162. The minimum atomic E-state index is 0.162. The molecule has 0 bridgehead atoms. The lowest BCUT2D eigenvalue weighted by molar-refractivity contribution is 0.0972. The van der Waals surface area contributed by atoms with Crippen LogP contribution in [0.4, 0.5) is 0 Å². The predicted octanol–water partition coefficient (Wildman–Crippen LogP) is 1.33. The fourth-order valence-corrected chi connectivity index (χ4v) is 1.20. The first-order chi connectivity index (χ1) is 4.38. The van der Waals surface area contributed by atoms with Crippen LogP contribution in [0.2, 0.25) is 0 Å². The molecule has 9 heavy (non-hydrogen) atoms. The Labute approximate surface area is 55.4 Å². The average Bonchev–Trinajstić information content (AvgIpc) is 2.33. The summed E-state index contributed by atoms with van der Waals surface area (Å²) < 4.78 is 5.28. The van der Waals surface area contributed by atoms with Crippen LogP contribution in [0.1, 0.15) is 19.8 Å². The summed E-state index contributed by atoms with van der Waals surface area (Å²) in [6, 6.07) is 2.24. The molecule has 0 saturated carbocycles. The van der Waals surface area contributed by atoms with Gasteiger partial charge in [0.05, 0.1) is 18.1 Å². The van der Waals surface area contributed by atoms with Crippen LogP contribution in [-0.4, -0.2) is 12.7 Å². The predicted molar refractivity (Wildman–Crippen MR) is 33.8 cm³/mol. The number of hydrogen-bond donors (Lipinski definition) is 0. The van der Waals surface area contributed by atoms with Gasteiger partial charge in [-0.2, -0.15) is 5.26 Å². The van der Waals surface area contributed by atoms with Crippen molar-refractivity contribution in [2.45, 2.75) is 25.9 Å². The molecule has 0 aliphatic carbocycles. The molecule has 1 aliphatic rings. The molecule has 1 saturated heterocycles. The molecule has 0 aromatic rings. The van der Waals surface area contributed by atoms with Gasteiger partial charge in [0, 0.05) is 6.61 Å². The Kier molecular flexibility index (Phi) is 2.07. The topological polar surface area (TPSA) is 33.0 Å². The summed E-state index contributed by atoms with van der Waals surface area (Å²) in [5.41, 5.74) is 0. The van der Waals surface area contributed by atoms with Gasteiger partial charge in [0.2, 0.25) is 0 Å². The number of nitriles is 1. The summed E-state index contributed by atoms with van der Waals surface area (Å²) in [6.07, 6.45) is 2.11. The first-order valence-electron chi connectivity index (χ1n) is 3.39. The Balaban J connectivity index is 2.44. The standard InChI is InChI=1S/C7H11NO/c1-2-7-6(5-8)3-4-9-7/h6-7H,2-4H2,1H3. The van der Waals surface area contributed by atoms with Gasteiger partial charge >= 0.3 is 0 Å². The van der Waals surface area contributed by atoms with Gasteiger partial charge in [0.25, 0.3) is 0 Å². The molecule has 1 rings (SSSR count). The third-order valence-corrected chi connectivity index (χ3v) is 1.78. The zero-order valence-electron chi connectivity index (χ0n) is 5.63. The Hall–Kier alpha value is -0.550. The molecule has 0 aromatic heterocycles. The van der Waals surface area contributed by atoms with Gasteiger partial charge < -0.3 is 4.74 Å². The van der Waals surface area contributed by atoms with Gasteiger partial charge in [-0.25, -0.2) is 0 Å². The second-order valence-electron chi connectivity index (χ2n) is 2.34. The van der Waals surface area contributed by atoms with Crippen molar-refractivity contribution in [3.8, 4) is 6.07 Å². The number of nitrogens with zero attached hydrogens (tertiary/aromatic N) is 1. The highest BCUT2D eigenvalue weighted by atomic mass is 16.5. The Morgan fingerprint density at radius 3 is 3.00 bits per heavy atom. The highest BCUT2D eigenvalue weighted by Gasteiger charge is 2.25. The molecule has 2 heteroatoms. The van der Waals surface area contributed by atoms with Gasteiger partial charge in [-0.05, 0) is 12.8 Å². The van der Waals surface area contributed by atoms with Crippen molar-refractivity contribution in [3.05, 3.63) is 0 Å². The van der Waals surface area contributed by atoms with Crippen LogP contribution in [-0.2, 0) is 4.74 Å². The maximum absolute atomic E-state index is 8.54. The average molecular weight is 125 g/mol. The quantitative estimate of drug-likeness (QED) is 0.529. The summed E-state index contributed by atoms with van der Waals surface area (Å²) >= 11 is 0. The van der Waals surface area contributed by atoms with Crippen LogP contribution < -0.4 is 0 Å². The molecule has 2 unspecified atom stereocenters. The lowest BCUT2D eigenvalue weighted by Crippen LogP contribution is -2.12. The van der Waals surface area contributed by atoms with Crippen molar-refractivity contribution >= 4 is 0 Å². The molecule has 0 amide bonds. The first kappa shape index (κ1) is 6.57. The molecule has 2 atom stereocenters. The van der Waals surface area contributed by atoms with Gasteiger partial charge in [0.15, 0.2) is 0 Å². The van der Waals surface area contributed by atoms with E-state index in [9.17, 15) is 0 Å². The lowest BCUT2D eigenvalue weighted by atomic mass is 10.0. The van der Waals surface area contributed by atoms with E-state index in [2.05, 4.69) is 13.0 Å². The third-order valence-electron chi connectivity index (χ3n) is 1.78. The fraction of sp³-hybridized carbons (Fsp3) is 0.857. The van der Waals surface area contributed by atoms with E-state index in [0.717, 1.165) is 19.4 Å². The minimum absolute atomic E-state index is 0.162. The summed E-state index contributed by atoms with van der Waals surface area (Å²) in [4.78, 5) is 0. The van der Waals surface area contributed by atoms with Crippen LogP contribution in [0.15, 0.2) is 0 Å². The van der Waals surface area contributed by atoms with Crippen molar-refractivity contribution in [1.82, 2.24) is 0 Å². The second-order valence-corrected chi connectivity index (χ2v) is 2.34. The molecule has 0 aromatic carbocycles. The number of ether oxygens (including phenoxy) is 1. The van der Waals surface area contributed by atoms with E-state index >= 15 is 0 Å². The normalized spacial score (nSPS) is 34.2. The monoisotopic (exact) mass is 125 g/mol. The number of rotatable bonds is 1. The number of hydrogen-bond acceptors (Lipinski definition) is 2. The molecule has 0 spiro atoms. The van der Waals surface area contributed by atoms with Gasteiger partial charge in [0.1, 0.15) is 0 Å². The first-order valence-corrected chi connectivity index (χ1v) is 3.39. The third kappa shape index (κ3) is 1.22. The van der Waals surface area contributed by atoms with Gasteiger partial charge in [-0.15, -0.1) is 0 Å². The molecule has 1 fully saturated rings. The zero-order chi connectivity index (χ0) is 6.69. The van der Waals surface area contributed by atoms with Crippen LogP contribution in [0.25, 0.3) is 0 Å². The van der Waals surface area contributed by atoms with E-state index in [4.69, 9.17) is 10.00 Å². The summed E-state index contributed by atoms with van der Waals surface area (Å²) in [6.45, 7) is 2.83. The highest BCUT2D eigenvalue weighted by molar-refractivity contribution is 4.91. The van der Waals surface area contributed by atoms with E-state index in [1.807, 2.05) is 0 Å². The Morgan fingerprint density at radius 2 is 2.56 bits per heavy atom. The SMILES string of the molecule is CCC1OCCC1C#N. The molecular weight excluding hydrogens is 114 g/mol. The molecule has 1 aliphatic heterocycles. The largest absolute Gasteiger partial charge is 0.377 e. The van der Waals surface area contributed by atoms with Crippen LogP contribution in [0.3, 0.4) is 0 Å². The summed E-state index contributed by atoms with van der Waals surface area (Å²) in [5, 5.41) is 8.54. The summed E-state index contributed by atoms with van der Waals surface area (Å²) in [7, 11) is 0. The smallest absolute Gasteiger partial charge is 0.0747 e. The van der Waals surface area contributed by atoms with Crippen molar-refractivity contribution in [2.75, 3.05) is 6.61 Å². The van der Waals surface area contributed by atoms with Crippen molar-refractivity contribution in [1.29, 1.82) is 5.26 Å². The lowest BCUT2D eigenvalue weighted by Gasteiger charge is -2.07. The fourth-order valence-electron chi connectivity index (χ4n) is 1.20. The zero-order valence-corrected chi connectivity index (χ0v) is 5.63. The van der Waals surface area contributed by atoms with Gasteiger partial charge in [-0.3, -0.25) is 0 Å². The van der Waals surface area contributed by atoms with Gasteiger partial charge in [-0.1, -0.05) is 6.92 Å². The van der Waals surface area contributed by atoms with Crippen molar-refractivity contribution < 1.29 is 4.74 Å². The highest BCUT2D eigenvalue weighted by Crippen LogP contribution is 2.21. The second kappa shape index (κ2) is 2.84. The Morgan fingerprint density at radius 1 is 1.78 bits per heavy atom. The van der Waals surface area contributed by atoms with E-state index in [0.29, 0.717) is 0 Å². The van der Waals surface area contributed by atoms with Crippen LogP contribution >= 0.6 is 0 Å². The van der Waals surface area contributed by atoms with Crippen LogP contribution in [0, 0.1) is 17.2 Å². The maximum atomic E-state index is 8.54. The maximum Gasteiger partial charge on any atom is 0.0747 e. The van der Waals surface area contributed by atoms with E-state index in [-0.39, 0.29) is 12.0 Å². The van der Waals surface area contributed by atoms with E-state index in [1.165, 1.54) is 0 Å². The molecular formula is C7H11NO. The Bertz CT molecular complexity index is 127. The molecule has 0 radical (unpaired) electrons. The molecule has 50 valence electrons. The van der Waals surface area contributed by atoms with Crippen molar-refractivity contribution in [3.63, 3.8) is 0 Å².